The minimum absolute atomic E-state index is 0.00470. The topological polar surface area (TPSA) is 26.3 Å². The van der Waals surface area contributed by atoms with Crippen LogP contribution in [0.3, 0.4) is 0 Å². The number of benzene rings is 1. The van der Waals surface area contributed by atoms with Gasteiger partial charge in [-0.25, -0.2) is 0 Å². The lowest BCUT2D eigenvalue weighted by Crippen LogP contribution is -2.24. The zero-order valence-electron chi connectivity index (χ0n) is 13.2. The third kappa shape index (κ3) is 2.47. The van der Waals surface area contributed by atoms with Gasteiger partial charge in [-0.3, -0.25) is 4.79 Å². The highest BCUT2D eigenvalue weighted by Crippen LogP contribution is 2.73. The number of esters is 1. The van der Waals surface area contributed by atoms with Gasteiger partial charge in [0.1, 0.15) is 11.4 Å². The summed E-state index contributed by atoms with van der Waals surface area (Å²) in [6, 6.07) is 10.2. The molecule has 0 N–H and O–H groups in total. The van der Waals surface area contributed by atoms with Gasteiger partial charge < -0.3 is 4.74 Å². The first-order valence-electron chi connectivity index (χ1n) is 8.63. The van der Waals surface area contributed by atoms with E-state index in [2.05, 4.69) is 19.1 Å². The summed E-state index contributed by atoms with van der Waals surface area (Å²) in [6.07, 6.45) is 7.47. The van der Waals surface area contributed by atoms with E-state index in [1.807, 2.05) is 18.2 Å². The van der Waals surface area contributed by atoms with Crippen molar-refractivity contribution < 1.29 is 9.53 Å². The van der Waals surface area contributed by atoms with Crippen LogP contribution < -0.4 is 0 Å². The van der Waals surface area contributed by atoms with Gasteiger partial charge in [0.05, 0.1) is 0 Å². The SMILES string of the molecule is CCC(Sc1ccccc1)C(=O)OC1CC2CCC3CC23C1. The molecule has 3 saturated carbocycles. The van der Waals surface area contributed by atoms with Crippen molar-refractivity contribution in [3.8, 4) is 0 Å². The second kappa shape index (κ2) is 5.59. The van der Waals surface area contributed by atoms with Crippen LogP contribution in [-0.4, -0.2) is 17.3 Å². The average Bonchev–Trinajstić information content (AvgIpc) is 2.94. The van der Waals surface area contributed by atoms with E-state index in [4.69, 9.17) is 4.74 Å². The molecule has 3 aliphatic rings. The first kappa shape index (κ1) is 14.6. The summed E-state index contributed by atoms with van der Waals surface area (Å²) in [6.45, 7) is 2.07. The Morgan fingerprint density at radius 3 is 2.73 bits per heavy atom. The molecule has 3 aliphatic carbocycles. The Kier molecular flexibility index (Phi) is 3.72. The summed E-state index contributed by atoms with van der Waals surface area (Å²) in [5.41, 5.74) is 0.596. The molecular weight excluding hydrogens is 292 g/mol. The van der Waals surface area contributed by atoms with Crippen molar-refractivity contribution in [3.63, 3.8) is 0 Å². The number of ether oxygens (including phenoxy) is 1. The van der Waals surface area contributed by atoms with E-state index in [1.165, 1.54) is 19.3 Å². The van der Waals surface area contributed by atoms with Gasteiger partial charge in [0.25, 0.3) is 0 Å². The Hall–Kier alpha value is -0.960. The molecule has 5 atom stereocenters. The van der Waals surface area contributed by atoms with Gasteiger partial charge >= 0.3 is 5.97 Å². The lowest BCUT2D eigenvalue weighted by molar-refractivity contribution is -0.148. The quantitative estimate of drug-likeness (QED) is 0.583. The summed E-state index contributed by atoms with van der Waals surface area (Å²) in [4.78, 5) is 13.7. The van der Waals surface area contributed by atoms with Gasteiger partial charge in [-0.2, -0.15) is 0 Å². The maximum absolute atomic E-state index is 12.5. The molecule has 0 radical (unpaired) electrons. The zero-order valence-corrected chi connectivity index (χ0v) is 14.0. The van der Waals surface area contributed by atoms with E-state index in [0.29, 0.717) is 5.41 Å². The third-order valence-corrected chi connectivity index (χ3v) is 7.40. The summed E-state index contributed by atoms with van der Waals surface area (Å²) in [5.74, 6) is 1.80. The van der Waals surface area contributed by atoms with Gasteiger partial charge in [-0.05, 0) is 67.9 Å². The first-order valence-corrected chi connectivity index (χ1v) is 9.51. The minimum Gasteiger partial charge on any atom is -0.462 e. The molecule has 0 amide bonds. The molecule has 4 rings (SSSR count). The van der Waals surface area contributed by atoms with Crippen LogP contribution in [0.1, 0.15) is 45.4 Å². The maximum atomic E-state index is 12.5. The zero-order chi connectivity index (χ0) is 15.2. The van der Waals surface area contributed by atoms with Gasteiger partial charge in [0.15, 0.2) is 0 Å². The standard InChI is InChI=1S/C19H24O2S/c1-2-17(22-16-6-4-3-5-7-16)18(20)21-15-10-13-8-9-14-11-19(13,14)12-15/h3-7,13-15,17H,2,8-12H2,1H3. The molecule has 3 heteroatoms. The van der Waals surface area contributed by atoms with Crippen molar-refractivity contribution in [2.75, 3.05) is 0 Å². The number of hydrogen-bond donors (Lipinski definition) is 0. The molecule has 1 aromatic carbocycles. The number of carbonyl (C=O) groups is 1. The summed E-state index contributed by atoms with van der Waals surface area (Å²) >= 11 is 1.64. The number of hydrogen-bond acceptors (Lipinski definition) is 3. The van der Waals surface area contributed by atoms with Crippen molar-refractivity contribution in [1.82, 2.24) is 0 Å². The highest BCUT2D eigenvalue weighted by Gasteiger charge is 2.66. The Morgan fingerprint density at radius 2 is 2.05 bits per heavy atom. The predicted molar refractivity (Wildman–Crippen MR) is 88.8 cm³/mol. The molecule has 0 bridgehead atoms. The number of rotatable bonds is 5. The molecule has 0 heterocycles. The molecule has 0 aromatic heterocycles. The number of carbonyl (C=O) groups excluding carboxylic acids is 1. The van der Waals surface area contributed by atoms with E-state index in [1.54, 1.807) is 11.8 Å². The summed E-state index contributed by atoms with van der Waals surface area (Å²) in [5, 5.41) is -0.0738. The fourth-order valence-electron chi connectivity index (χ4n) is 4.86. The van der Waals surface area contributed by atoms with Gasteiger partial charge in [-0.1, -0.05) is 25.1 Å². The van der Waals surface area contributed by atoms with Gasteiger partial charge in [0, 0.05) is 4.90 Å². The largest absolute Gasteiger partial charge is 0.462 e. The van der Waals surface area contributed by atoms with Crippen molar-refractivity contribution >= 4 is 17.7 Å². The van der Waals surface area contributed by atoms with Crippen LogP contribution in [0, 0.1) is 17.3 Å². The normalized spacial score (nSPS) is 36.5. The van der Waals surface area contributed by atoms with Gasteiger partial charge in [0.2, 0.25) is 0 Å². The van der Waals surface area contributed by atoms with Crippen LogP contribution >= 0.6 is 11.8 Å². The lowest BCUT2D eigenvalue weighted by Gasteiger charge is -2.18. The fraction of sp³-hybridized carbons (Fsp3) is 0.632. The Morgan fingerprint density at radius 1 is 1.27 bits per heavy atom. The highest BCUT2D eigenvalue weighted by molar-refractivity contribution is 8.00. The smallest absolute Gasteiger partial charge is 0.319 e. The monoisotopic (exact) mass is 316 g/mol. The summed E-state index contributed by atoms with van der Waals surface area (Å²) < 4.78 is 5.91. The van der Waals surface area contributed by atoms with Crippen LogP contribution in [-0.2, 0) is 9.53 Å². The molecule has 0 saturated heterocycles. The van der Waals surface area contributed by atoms with E-state index < -0.39 is 0 Å². The maximum Gasteiger partial charge on any atom is 0.319 e. The molecular formula is C19H24O2S. The Balaban J connectivity index is 1.35. The van der Waals surface area contributed by atoms with Crippen LogP contribution in [0.15, 0.2) is 35.2 Å². The van der Waals surface area contributed by atoms with Crippen molar-refractivity contribution in [2.24, 2.45) is 17.3 Å². The molecule has 1 spiro atoms. The molecule has 3 fully saturated rings. The summed E-state index contributed by atoms with van der Waals surface area (Å²) in [7, 11) is 0. The van der Waals surface area contributed by atoms with Crippen LogP contribution in [0.25, 0.3) is 0 Å². The van der Waals surface area contributed by atoms with Crippen LogP contribution in [0.5, 0.6) is 0 Å². The first-order chi connectivity index (χ1) is 10.7. The second-order valence-electron chi connectivity index (χ2n) is 7.24. The molecule has 22 heavy (non-hydrogen) atoms. The number of thioether (sulfide) groups is 1. The van der Waals surface area contributed by atoms with Crippen molar-refractivity contribution in [1.29, 1.82) is 0 Å². The fourth-order valence-corrected chi connectivity index (χ4v) is 5.83. The van der Waals surface area contributed by atoms with Gasteiger partial charge in [-0.15, -0.1) is 11.8 Å². The van der Waals surface area contributed by atoms with Crippen molar-refractivity contribution in [2.45, 2.75) is 61.7 Å². The van der Waals surface area contributed by atoms with Crippen LogP contribution in [0.4, 0.5) is 0 Å². The highest BCUT2D eigenvalue weighted by atomic mass is 32.2. The second-order valence-corrected chi connectivity index (χ2v) is 8.51. The van der Waals surface area contributed by atoms with E-state index in [0.717, 1.165) is 36.0 Å². The lowest BCUT2D eigenvalue weighted by atomic mass is 9.95. The molecule has 2 nitrogen and oxygen atoms in total. The van der Waals surface area contributed by atoms with Crippen LogP contribution in [0.2, 0.25) is 0 Å². The van der Waals surface area contributed by atoms with E-state index in [9.17, 15) is 4.79 Å². The Bertz CT molecular complexity index is 558. The Labute approximate surface area is 137 Å². The molecule has 0 aliphatic heterocycles. The van der Waals surface area contributed by atoms with Crippen molar-refractivity contribution in [3.05, 3.63) is 30.3 Å². The molecule has 5 unspecified atom stereocenters. The molecule has 1 aromatic rings. The minimum atomic E-state index is -0.0738. The van der Waals surface area contributed by atoms with E-state index in [-0.39, 0.29) is 17.3 Å². The predicted octanol–water partition coefficient (Wildman–Crippen LogP) is 4.68. The molecule has 118 valence electrons. The third-order valence-electron chi connectivity index (χ3n) is 6.05. The van der Waals surface area contributed by atoms with E-state index >= 15 is 0 Å². The average molecular weight is 316 g/mol.